The van der Waals surface area contributed by atoms with Crippen LogP contribution in [0.5, 0.6) is 0 Å². The Morgan fingerprint density at radius 2 is 1.79 bits per heavy atom. The quantitative estimate of drug-likeness (QED) is 0.629. The Morgan fingerprint density at radius 3 is 2.53 bits per heavy atom. The molecule has 1 N–H and O–H groups in total. The molecule has 34 heavy (non-hydrogen) atoms. The van der Waals surface area contributed by atoms with E-state index in [1.807, 2.05) is 42.2 Å². The number of urea groups is 1. The van der Waals surface area contributed by atoms with E-state index in [2.05, 4.69) is 20.4 Å². The predicted molar refractivity (Wildman–Crippen MR) is 126 cm³/mol. The van der Waals surface area contributed by atoms with Crippen LogP contribution in [0.4, 0.5) is 10.5 Å². The van der Waals surface area contributed by atoms with E-state index in [1.54, 1.807) is 17.2 Å². The number of hydrogen-bond acceptors (Lipinski definition) is 6. The van der Waals surface area contributed by atoms with Crippen molar-refractivity contribution in [3.8, 4) is 11.5 Å². The summed E-state index contributed by atoms with van der Waals surface area (Å²) in [4.78, 5) is 38.5. The summed E-state index contributed by atoms with van der Waals surface area (Å²) in [5, 5.41) is 7.08. The molecule has 0 radical (unpaired) electrons. The van der Waals surface area contributed by atoms with E-state index in [0.717, 1.165) is 44.3 Å². The number of hydrogen-bond donors (Lipinski definition) is 1. The van der Waals surface area contributed by atoms with E-state index < -0.39 is 0 Å². The van der Waals surface area contributed by atoms with E-state index in [-0.39, 0.29) is 17.9 Å². The Morgan fingerprint density at radius 1 is 1.00 bits per heavy atom. The van der Waals surface area contributed by atoms with Crippen molar-refractivity contribution in [1.29, 1.82) is 0 Å². The van der Waals surface area contributed by atoms with Crippen LogP contribution in [0.25, 0.3) is 11.5 Å². The van der Waals surface area contributed by atoms with Gasteiger partial charge in [0.1, 0.15) is 5.69 Å². The molecular weight excluding hydrogens is 432 g/mol. The first-order valence-electron chi connectivity index (χ1n) is 11.8. The van der Waals surface area contributed by atoms with Gasteiger partial charge in [0.2, 0.25) is 11.7 Å². The van der Waals surface area contributed by atoms with Crippen LogP contribution in [0.1, 0.15) is 53.4 Å². The number of pyridine rings is 1. The van der Waals surface area contributed by atoms with Gasteiger partial charge in [0.15, 0.2) is 0 Å². The molecule has 2 fully saturated rings. The summed E-state index contributed by atoms with van der Waals surface area (Å²) in [6.07, 6.45) is 5.20. The second-order valence-electron chi connectivity index (χ2n) is 8.86. The zero-order chi connectivity index (χ0) is 23.5. The highest BCUT2D eigenvalue weighted by atomic mass is 16.5. The van der Waals surface area contributed by atoms with Crippen molar-refractivity contribution < 1.29 is 14.1 Å². The third kappa shape index (κ3) is 4.50. The number of amides is 3. The third-order valence-corrected chi connectivity index (χ3v) is 6.60. The summed E-state index contributed by atoms with van der Waals surface area (Å²) in [5.41, 5.74) is 2.70. The molecule has 4 heterocycles. The number of piperidine rings is 1. The van der Waals surface area contributed by atoms with Gasteiger partial charge in [0, 0.05) is 38.3 Å². The van der Waals surface area contributed by atoms with Crippen LogP contribution in [-0.4, -0.2) is 63.0 Å². The van der Waals surface area contributed by atoms with Crippen molar-refractivity contribution in [2.45, 2.75) is 38.5 Å². The van der Waals surface area contributed by atoms with Gasteiger partial charge in [-0.25, -0.2) is 4.79 Å². The predicted octanol–water partition coefficient (Wildman–Crippen LogP) is 4.09. The molecule has 3 aromatic rings. The van der Waals surface area contributed by atoms with Crippen molar-refractivity contribution in [3.05, 3.63) is 59.6 Å². The summed E-state index contributed by atoms with van der Waals surface area (Å²) in [6, 6.07) is 10.9. The maximum Gasteiger partial charge on any atom is 0.321 e. The van der Waals surface area contributed by atoms with Gasteiger partial charge in [-0.05, 0) is 56.4 Å². The Bertz CT molecular complexity index is 1160. The largest absolute Gasteiger partial charge is 0.339 e. The first-order chi connectivity index (χ1) is 16.6. The SMILES string of the molecule is Cc1cccc(C(=O)N2CCCC2)c1NC(=O)N1CCC(c2nc(-c3ccccn3)no2)CC1. The smallest absolute Gasteiger partial charge is 0.321 e. The summed E-state index contributed by atoms with van der Waals surface area (Å²) >= 11 is 0. The van der Waals surface area contributed by atoms with E-state index in [9.17, 15) is 9.59 Å². The normalized spacial score (nSPS) is 16.6. The summed E-state index contributed by atoms with van der Waals surface area (Å²) < 4.78 is 5.49. The third-order valence-electron chi connectivity index (χ3n) is 6.60. The molecule has 9 nitrogen and oxygen atoms in total. The van der Waals surface area contributed by atoms with E-state index in [0.29, 0.717) is 41.7 Å². The summed E-state index contributed by atoms with van der Waals surface area (Å²) in [5.74, 6) is 1.14. The maximum atomic E-state index is 13.1. The number of nitrogens with zero attached hydrogens (tertiary/aromatic N) is 5. The van der Waals surface area contributed by atoms with Gasteiger partial charge in [0.25, 0.3) is 5.91 Å². The highest BCUT2D eigenvalue weighted by Gasteiger charge is 2.29. The van der Waals surface area contributed by atoms with Crippen molar-refractivity contribution in [2.24, 2.45) is 0 Å². The standard InChI is InChI=1S/C25H28N6O3/c1-17-7-6-8-19(24(32)30-13-4-5-14-30)21(17)27-25(33)31-15-10-18(11-16-31)23-28-22(29-34-23)20-9-2-3-12-26-20/h2-3,6-9,12,18H,4-5,10-11,13-16H2,1H3,(H,27,33). The molecule has 0 atom stereocenters. The number of nitrogens with one attached hydrogen (secondary N) is 1. The molecule has 2 aliphatic heterocycles. The fourth-order valence-electron chi connectivity index (χ4n) is 4.62. The Hall–Kier alpha value is -3.75. The van der Waals surface area contributed by atoms with Crippen LogP contribution in [0, 0.1) is 6.92 Å². The van der Waals surface area contributed by atoms with Gasteiger partial charge in [0.05, 0.1) is 11.3 Å². The zero-order valence-corrected chi connectivity index (χ0v) is 19.2. The number of carbonyl (C=O) groups is 2. The van der Waals surface area contributed by atoms with Crippen LogP contribution in [0.3, 0.4) is 0 Å². The molecule has 0 bridgehead atoms. The number of anilines is 1. The van der Waals surface area contributed by atoms with Gasteiger partial charge in [-0.15, -0.1) is 0 Å². The minimum atomic E-state index is -0.192. The lowest BCUT2D eigenvalue weighted by Crippen LogP contribution is -2.41. The topological polar surface area (TPSA) is 104 Å². The molecule has 0 unspecified atom stereocenters. The van der Waals surface area contributed by atoms with Crippen molar-refractivity contribution in [2.75, 3.05) is 31.5 Å². The minimum absolute atomic E-state index is 0.0182. The lowest BCUT2D eigenvalue weighted by atomic mass is 9.97. The molecule has 5 rings (SSSR count). The highest BCUT2D eigenvalue weighted by Crippen LogP contribution is 2.29. The minimum Gasteiger partial charge on any atom is -0.339 e. The molecule has 1 aromatic carbocycles. The number of carbonyl (C=O) groups excluding carboxylic acids is 2. The van der Waals surface area contributed by atoms with Crippen molar-refractivity contribution >= 4 is 17.6 Å². The lowest BCUT2D eigenvalue weighted by molar-refractivity contribution is 0.0793. The molecule has 0 saturated carbocycles. The molecule has 0 spiro atoms. The average molecular weight is 461 g/mol. The number of benzene rings is 1. The molecule has 176 valence electrons. The molecule has 2 aliphatic rings. The van der Waals surface area contributed by atoms with Crippen molar-refractivity contribution in [3.63, 3.8) is 0 Å². The number of aromatic nitrogens is 3. The molecule has 2 saturated heterocycles. The number of rotatable bonds is 4. The molecule has 3 amide bonds. The van der Waals surface area contributed by atoms with Gasteiger partial charge >= 0.3 is 6.03 Å². The number of para-hydroxylation sites is 1. The number of aryl methyl sites for hydroxylation is 1. The Labute approximate surface area is 198 Å². The molecule has 0 aliphatic carbocycles. The maximum absolute atomic E-state index is 13.1. The van der Waals surface area contributed by atoms with Crippen LogP contribution in [-0.2, 0) is 0 Å². The Balaban J connectivity index is 1.22. The highest BCUT2D eigenvalue weighted by molar-refractivity contribution is 6.04. The van der Waals surface area contributed by atoms with Gasteiger partial charge < -0.3 is 19.6 Å². The second-order valence-corrected chi connectivity index (χ2v) is 8.86. The zero-order valence-electron chi connectivity index (χ0n) is 19.2. The monoisotopic (exact) mass is 460 g/mol. The summed E-state index contributed by atoms with van der Waals surface area (Å²) in [7, 11) is 0. The molecule has 2 aromatic heterocycles. The van der Waals surface area contributed by atoms with E-state index in [1.165, 1.54) is 0 Å². The van der Waals surface area contributed by atoms with Gasteiger partial charge in [-0.1, -0.05) is 23.4 Å². The summed E-state index contributed by atoms with van der Waals surface area (Å²) in [6.45, 7) is 4.59. The van der Waals surface area contributed by atoms with Crippen molar-refractivity contribution in [1.82, 2.24) is 24.9 Å². The first kappa shape index (κ1) is 22.1. The fourth-order valence-corrected chi connectivity index (χ4v) is 4.62. The van der Waals surface area contributed by atoms with Crippen LogP contribution in [0.2, 0.25) is 0 Å². The average Bonchev–Trinajstić information content (AvgIpc) is 3.58. The van der Waals surface area contributed by atoms with Crippen LogP contribution >= 0.6 is 0 Å². The molecular formula is C25H28N6O3. The number of likely N-dealkylation sites (tertiary alicyclic amines) is 2. The fraction of sp³-hybridized carbons (Fsp3) is 0.400. The first-order valence-corrected chi connectivity index (χ1v) is 11.8. The van der Waals surface area contributed by atoms with E-state index in [4.69, 9.17) is 4.52 Å². The van der Waals surface area contributed by atoms with Crippen LogP contribution < -0.4 is 5.32 Å². The molecule has 9 heteroatoms. The van der Waals surface area contributed by atoms with Gasteiger partial charge in [-0.2, -0.15) is 4.98 Å². The second kappa shape index (κ2) is 9.62. The van der Waals surface area contributed by atoms with Gasteiger partial charge in [-0.3, -0.25) is 9.78 Å². The van der Waals surface area contributed by atoms with Crippen LogP contribution in [0.15, 0.2) is 47.1 Å². The lowest BCUT2D eigenvalue weighted by Gasteiger charge is -2.31. The Kier molecular flexibility index (Phi) is 6.24. The van der Waals surface area contributed by atoms with E-state index >= 15 is 0 Å².